The Labute approximate surface area is 133 Å². The summed E-state index contributed by atoms with van der Waals surface area (Å²) in [6.45, 7) is 3.77. The lowest BCUT2D eigenvalue weighted by Crippen LogP contribution is -2.32. The monoisotopic (exact) mass is 314 g/mol. The Hall–Kier alpha value is -2.63. The summed E-state index contributed by atoms with van der Waals surface area (Å²) >= 11 is 0. The third-order valence-electron chi connectivity index (χ3n) is 4.61. The van der Waals surface area contributed by atoms with Crippen molar-refractivity contribution in [2.24, 2.45) is 17.3 Å². The summed E-state index contributed by atoms with van der Waals surface area (Å²) in [4.78, 5) is 23.9. The van der Waals surface area contributed by atoms with E-state index in [0.717, 1.165) is 5.56 Å². The Morgan fingerprint density at radius 1 is 1.39 bits per heavy atom. The van der Waals surface area contributed by atoms with E-state index in [1.54, 1.807) is 18.2 Å². The van der Waals surface area contributed by atoms with E-state index in [1.165, 1.54) is 6.26 Å². The summed E-state index contributed by atoms with van der Waals surface area (Å²) in [6.07, 6.45) is 1.87. The Balaban J connectivity index is 1.81. The second-order valence-electron chi connectivity index (χ2n) is 6.21. The van der Waals surface area contributed by atoms with Gasteiger partial charge in [-0.2, -0.15) is 0 Å². The van der Waals surface area contributed by atoms with E-state index in [0.29, 0.717) is 17.8 Å². The number of carbonyl (C=O) groups excluding carboxylic acids is 1. The van der Waals surface area contributed by atoms with E-state index < -0.39 is 17.3 Å². The predicted octanol–water partition coefficient (Wildman–Crippen LogP) is 3.03. The van der Waals surface area contributed by atoms with Crippen LogP contribution in [0.15, 0.2) is 41.1 Å². The lowest BCUT2D eigenvalue weighted by atomic mass is 9.88. The normalized spacial score (nSPS) is 22.8. The quantitative estimate of drug-likeness (QED) is 0.885. The first-order valence-electron chi connectivity index (χ1n) is 7.50. The van der Waals surface area contributed by atoms with Crippen LogP contribution in [0, 0.1) is 17.3 Å². The van der Waals surface area contributed by atoms with Gasteiger partial charge in [-0.1, -0.05) is 31.1 Å². The van der Waals surface area contributed by atoms with Gasteiger partial charge in [0.05, 0.1) is 11.3 Å². The number of aromatic nitrogens is 1. The molecular formula is C17H18N2O4. The van der Waals surface area contributed by atoms with Crippen molar-refractivity contribution in [1.82, 2.24) is 5.16 Å². The highest BCUT2D eigenvalue weighted by atomic mass is 16.5. The molecule has 0 unspecified atom stereocenters. The van der Waals surface area contributed by atoms with Gasteiger partial charge in [0.2, 0.25) is 5.91 Å². The summed E-state index contributed by atoms with van der Waals surface area (Å²) in [5.74, 6) is -1.80. The standard InChI is InChI=1S/C17H18N2O4/c1-10(2)17(9-13(17)15(20)21)16(22)18-12-5-3-4-11(8-12)14-6-7-23-19-14/h3-8,10,13H,9H2,1-2H3,(H,18,22)(H,20,21)/t13-,17+/m0/s1. The minimum atomic E-state index is -0.912. The maximum absolute atomic E-state index is 12.6. The van der Waals surface area contributed by atoms with Gasteiger partial charge >= 0.3 is 5.97 Å². The minimum absolute atomic E-state index is 0.0395. The molecule has 23 heavy (non-hydrogen) atoms. The molecule has 1 aromatic heterocycles. The van der Waals surface area contributed by atoms with Crippen molar-refractivity contribution in [2.45, 2.75) is 20.3 Å². The van der Waals surface area contributed by atoms with Gasteiger partial charge in [-0.15, -0.1) is 0 Å². The number of nitrogens with one attached hydrogen (secondary N) is 1. The molecule has 3 rings (SSSR count). The number of rotatable bonds is 5. The summed E-state index contributed by atoms with van der Waals surface area (Å²) in [6, 6.07) is 8.97. The topological polar surface area (TPSA) is 92.4 Å². The van der Waals surface area contributed by atoms with Gasteiger partial charge < -0.3 is 14.9 Å². The Kier molecular flexibility index (Phi) is 3.67. The minimum Gasteiger partial charge on any atom is -0.481 e. The third kappa shape index (κ3) is 2.60. The number of benzene rings is 1. The van der Waals surface area contributed by atoms with Crippen LogP contribution in [0.5, 0.6) is 0 Å². The van der Waals surface area contributed by atoms with Gasteiger partial charge in [-0.05, 0) is 24.5 Å². The number of carboxylic acid groups (broad SMARTS) is 1. The molecule has 2 aromatic rings. The van der Waals surface area contributed by atoms with Crippen molar-refractivity contribution < 1.29 is 19.2 Å². The number of nitrogens with zero attached hydrogens (tertiary/aromatic N) is 1. The van der Waals surface area contributed by atoms with Crippen LogP contribution in [0.3, 0.4) is 0 Å². The fraction of sp³-hybridized carbons (Fsp3) is 0.353. The molecule has 2 N–H and O–H groups in total. The molecule has 2 atom stereocenters. The fourth-order valence-electron chi connectivity index (χ4n) is 3.10. The average molecular weight is 314 g/mol. The zero-order valence-corrected chi connectivity index (χ0v) is 12.9. The highest BCUT2D eigenvalue weighted by Crippen LogP contribution is 2.58. The van der Waals surface area contributed by atoms with Crippen LogP contribution in [0.4, 0.5) is 5.69 Å². The number of carbonyl (C=O) groups is 2. The number of aliphatic carboxylic acids is 1. The molecule has 1 saturated carbocycles. The Morgan fingerprint density at radius 3 is 2.74 bits per heavy atom. The van der Waals surface area contributed by atoms with E-state index in [1.807, 2.05) is 26.0 Å². The molecule has 1 aliphatic rings. The zero-order chi connectivity index (χ0) is 16.6. The van der Waals surface area contributed by atoms with Crippen molar-refractivity contribution in [3.05, 3.63) is 36.6 Å². The molecule has 6 nitrogen and oxygen atoms in total. The van der Waals surface area contributed by atoms with Crippen LogP contribution >= 0.6 is 0 Å². The molecule has 1 aliphatic carbocycles. The largest absolute Gasteiger partial charge is 0.481 e. The number of anilines is 1. The first-order chi connectivity index (χ1) is 10.9. The molecule has 0 radical (unpaired) electrons. The molecule has 1 heterocycles. The maximum atomic E-state index is 12.6. The summed E-state index contributed by atoms with van der Waals surface area (Å²) in [5, 5.41) is 15.9. The zero-order valence-electron chi connectivity index (χ0n) is 12.9. The molecular weight excluding hydrogens is 296 g/mol. The number of amides is 1. The van der Waals surface area contributed by atoms with E-state index in [2.05, 4.69) is 10.5 Å². The van der Waals surface area contributed by atoms with Crippen molar-refractivity contribution in [3.63, 3.8) is 0 Å². The van der Waals surface area contributed by atoms with Crippen LogP contribution in [-0.2, 0) is 9.59 Å². The van der Waals surface area contributed by atoms with Gasteiger partial charge in [0, 0.05) is 17.3 Å². The van der Waals surface area contributed by atoms with Crippen molar-refractivity contribution in [1.29, 1.82) is 0 Å². The maximum Gasteiger partial charge on any atom is 0.307 e. The number of carboxylic acids is 1. The highest BCUT2D eigenvalue weighted by Gasteiger charge is 2.65. The van der Waals surface area contributed by atoms with Crippen molar-refractivity contribution in [2.75, 3.05) is 5.32 Å². The van der Waals surface area contributed by atoms with Gasteiger partial charge in [-0.3, -0.25) is 9.59 Å². The number of hydrogen-bond donors (Lipinski definition) is 2. The lowest BCUT2D eigenvalue weighted by Gasteiger charge is -2.20. The van der Waals surface area contributed by atoms with E-state index >= 15 is 0 Å². The van der Waals surface area contributed by atoms with Gasteiger partial charge in [-0.25, -0.2) is 0 Å². The number of hydrogen-bond acceptors (Lipinski definition) is 4. The van der Waals surface area contributed by atoms with Gasteiger partial charge in [0.25, 0.3) is 0 Å². The first kappa shape index (κ1) is 15.3. The predicted molar refractivity (Wildman–Crippen MR) is 83.6 cm³/mol. The highest BCUT2D eigenvalue weighted by molar-refractivity contribution is 6.02. The smallest absolute Gasteiger partial charge is 0.307 e. The molecule has 6 heteroatoms. The Bertz CT molecular complexity index is 739. The molecule has 0 aliphatic heterocycles. The molecule has 1 aromatic carbocycles. The van der Waals surface area contributed by atoms with Gasteiger partial charge in [0.15, 0.2) is 0 Å². The summed E-state index contributed by atoms with van der Waals surface area (Å²) in [7, 11) is 0. The van der Waals surface area contributed by atoms with Crippen LogP contribution in [0.1, 0.15) is 20.3 Å². The average Bonchev–Trinajstić information content (AvgIpc) is 3.07. The first-order valence-corrected chi connectivity index (χ1v) is 7.50. The Morgan fingerprint density at radius 2 is 2.17 bits per heavy atom. The third-order valence-corrected chi connectivity index (χ3v) is 4.61. The molecule has 120 valence electrons. The summed E-state index contributed by atoms with van der Waals surface area (Å²) < 4.78 is 4.82. The summed E-state index contributed by atoms with van der Waals surface area (Å²) in [5.41, 5.74) is 1.29. The van der Waals surface area contributed by atoms with E-state index in [4.69, 9.17) is 4.52 Å². The molecule has 1 amide bonds. The van der Waals surface area contributed by atoms with Gasteiger partial charge in [0.1, 0.15) is 12.0 Å². The van der Waals surface area contributed by atoms with Crippen LogP contribution < -0.4 is 5.32 Å². The van der Waals surface area contributed by atoms with Crippen molar-refractivity contribution >= 4 is 17.6 Å². The lowest BCUT2D eigenvalue weighted by molar-refractivity contribution is -0.141. The van der Waals surface area contributed by atoms with E-state index in [-0.39, 0.29) is 11.8 Å². The SMILES string of the molecule is CC(C)[C@]1(C(=O)Nc2cccc(-c3ccon3)c2)C[C@H]1C(=O)O. The van der Waals surface area contributed by atoms with E-state index in [9.17, 15) is 14.7 Å². The van der Waals surface area contributed by atoms with Crippen LogP contribution in [0.25, 0.3) is 11.3 Å². The molecule has 0 saturated heterocycles. The molecule has 0 bridgehead atoms. The fourth-order valence-corrected chi connectivity index (χ4v) is 3.10. The second kappa shape index (κ2) is 5.53. The molecule has 1 fully saturated rings. The molecule has 0 spiro atoms. The second-order valence-corrected chi connectivity index (χ2v) is 6.21. The van der Waals surface area contributed by atoms with Crippen LogP contribution in [-0.4, -0.2) is 22.1 Å². The van der Waals surface area contributed by atoms with Crippen molar-refractivity contribution in [3.8, 4) is 11.3 Å². The van der Waals surface area contributed by atoms with Crippen LogP contribution in [0.2, 0.25) is 0 Å².